The van der Waals surface area contributed by atoms with E-state index in [0.717, 1.165) is 172 Å². The third kappa shape index (κ3) is 19.0. The van der Waals surface area contributed by atoms with Crippen LogP contribution in [0.4, 0.5) is 26.3 Å². The maximum atomic E-state index is 14.9. The van der Waals surface area contributed by atoms with Crippen LogP contribution in [0, 0.1) is 187 Å². The van der Waals surface area contributed by atoms with Crippen LogP contribution in [0.1, 0.15) is 148 Å². The van der Waals surface area contributed by atoms with Crippen molar-refractivity contribution in [1.29, 1.82) is 0 Å². The fourth-order valence-corrected chi connectivity index (χ4v) is 19.3. The molecule has 6 nitrogen and oxygen atoms in total. The van der Waals surface area contributed by atoms with E-state index in [0.29, 0.717) is 44.9 Å². The smallest absolute Gasteiger partial charge is 0.206 e. The molecule has 0 aliphatic carbocycles. The summed E-state index contributed by atoms with van der Waals surface area (Å²) in [7, 11) is 12.0. The molecule has 0 unspecified atom stereocenters. The Bertz CT molecular complexity index is 7380. The zero-order chi connectivity index (χ0) is 96.8. The molecule has 0 amide bonds. The van der Waals surface area contributed by atoms with Crippen LogP contribution in [0.3, 0.4) is 0 Å². The minimum Gasteiger partial charge on any atom is -0.206 e. The van der Waals surface area contributed by atoms with Crippen LogP contribution in [-0.4, -0.2) is 0 Å². The summed E-state index contributed by atoms with van der Waals surface area (Å²) in [6.45, 7) is 47.9. The second-order valence-corrected chi connectivity index (χ2v) is 37.4. The molecule has 678 valence electrons. The summed E-state index contributed by atoms with van der Waals surface area (Å²) in [6, 6.07) is 63.7. The normalized spacial score (nSPS) is 11.2. The Morgan fingerprint density at radius 2 is 0.519 bits per heavy atom. The number of halogens is 6. The number of fused-ring (bicyclic) bond motifs is 6. The minimum atomic E-state index is -0.120. The Labute approximate surface area is 783 Å². The molecule has 0 bridgehead atoms. The lowest BCUT2D eigenvalue weighted by atomic mass is 9.91. The average molecular weight is 1780 g/mol. The van der Waals surface area contributed by atoms with E-state index in [4.69, 9.17) is 0 Å². The summed E-state index contributed by atoms with van der Waals surface area (Å²) in [5.74, 6) is -0.236. The van der Waals surface area contributed by atoms with Crippen LogP contribution < -0.4 is 27.4 Å². The van der Waals surface area contributed by atoms with E-state index in [-0.39, 0.29) is 34.9 Å². The first-order valence-corrected chi connectivity index (χ1v) is 45.9. The maximum Gasteiger partial charge on any atom is 0.223 e. The quantitative estimate of drug-likeness (QED) is 0.112. The Kier molecular flexibility index (Phi) is 29.0. The van der Waals surface area contributed by atoms with E-state index in [2.05, 4.69) is 187 Å². The highest BCUT2D eigenvalue weighted by Crippen LogP contribution is 2.42. The zero-order valence-corrected chi connectivity index (χ0v) is 83.4. The molecular formula is C121H128F6N6+6. The van der Waals surface area contributed by atoms with E-state index in [1.54, 1.807) is 0 Å². The van der Waals surface area contributed by atoms with Crippen LogP contribution in [0.15, 0.2) is 225 Å². The van der Waals surface area contributed by atoms with Gasteiger partial charge in [0.2, 0.25) is 34.2 Å². The molecule has 0 N–H and O–H groups in total. The van der Waals surface area contributed by atoms with Crippen LogP contribution in [0.2, 0.25) is 0 Å². The largest absolute Gasteiger partial charge is 0.223 e. The van der Waals surface area contributed by atoms with Crippen molar-refractivity contribution in [2.75, 3.05) is 0 Å². The van der Waals surface area contributed by atoms with Gasteiger partial charge in [0.1, 0.15) is 77.2 Å². The first kappa shape index (κ1) is 97.2. The molecule has 12 heteroatoms. The number of benzene rings is 12. The standard InChI is InChI=1S/C22H25FN.4C20H21FN.C19H19FN/c1-13(2)20-12-24(6)22(18-10-8-7-9-17(18)20)19-11-14(3)21(23)16(5)15(19)4;1-12-6-7-17-16(10-12)8-9-22(5)20(17)18-15(4)13(2)11-14(3)19(18)21;1-12-6-7-16-8-9-22(5)20(17(16)10-12)18-15(4)13(2)11-14(3)19(18)21;1-12-7-6-8-17-16(12)9-10-22(5)20(17)18-15(4)13(2)11-14(3)19(18)21;1-12-10-13(2)19(21)18(15(12)4)20-17-9-7-6-8-16(17)14(3)11-22(20)5;1-12-11-13(2)18(20)17(14(12)3)19-16-8-6-5-7-15(16)9-10-21(19)4/h7-13H,1-6H3;4*6-11H,1-5H3;5-11H,1-4H3/q6*+1. The summed E-state index contributed by atoms with van der Waals surface area (Å²) < 4.78 is 101. The SMILES string of the molecule is Cc1cc(-c2c3ccccc3c(C(C)C)c[n+]2C)c(C)c(C)c1F.Cc1cc(C)c(F)c(-c2c3cccc(C)c3cc[n+]2C)c1C.Cc1cc(C)c(F)c(-c2c3ccccc3c(C)c[n+]2C)c1C.Cc1cc(C)c(F)c(-c2c3ccccc3cc[n+]2C)c1C.Cc1ccc2c(-c3c(C)c(C)cc(C)c3F)[n+](C)ccc2c1.Cc1ccc2cc[n+](C)c(-c3c(C)c(C)cc(C)c3F)c2c1. The summed E-state index contributed by atoms with van der Waals surface area (Å²) in [6.07, 6.45) is 12.3. The molecule has 0 spiro atoms. The van der Waals surface area contributed by atoms with E-state index in [1.165, 1.54) is 49.4 Å². The van der Waals surface area contributed by atoms with E-state index in [1.807, 2.05) is 274 Å². The highest BCUT2D eigenvalue weighted by Gasteiger charge is 2.32. The predicted octanol–water partition coefficient (Wildman–Crippen LogP) is 28.7. The van der Waals surface area contributed by atoms with Gasteiger partial charge in [0.25, 0.3) is 0 Å². The van der Waals surface area contributed by atoms with Crippen molar-refractivity contribution in [2.24, 2.45) is 42.3 Å². The Balaban J connectivity index is 0.000000136. The molecule has 0 aliphatic rings. The molecule has 0 atom stereocenters. The van der Waals surface area contributed by atoms with E-state index >= 15 is 0 Å². The molecular weight excluding hydrogens is 1650 g/mol. The lowest BCUT2D eigenvalue weighted by Crippen LogP contribution is -2.32. The minimum absolute atomic E-state index is 0.0954. The number of nitrogens with zero attached hydrogens (tertiary/aromatic N) is 6. The molecule has 0 radical (unpaired) electrons. The summed E-state index contributed by atoms with van der Waals surface area (Å²) in [5.41, 5.74) is 33.3. The summed E-state index contributed by atoms with van der Waals surface area (Å²) in [4.78, 5) is 0. The maximum absolute atomic E-state index is 14.9. The van der Waals surface area contributed by atoms with Crippen LogP contribution in [0.25, 0.3) is 132 Å². The first-order valence-electron chi connectivity index (χ1n) is 45.9. The summed E-state index contributed by atoms with van der Waals surface area (Å²) >= 11 is 0. The first-order chi connectivity index (χ1) is 62.9. The van der Waals surface area contributed by atoms with Crippen molar-refractivity contribution < 1.29 is 53.7 Å². The van der Waals surface area contributed by atoms with Gasteiger partial charge in [-0.1, -0.05) is 146 Å². The lowest BCUT2D eigenvalue weighted by molar-refractivity contribution is -0.659. The van der Waals surface area contributed by atoms with Gasteiger partial charge in [0, 0.05) is 35.4 Å². The van der Waals surface area contributed by atoms with Crippen molar-refractivity contribution in [3.05, 3.63) is 388 Å². The number of aryl methyl sites for hydroxylation is 21. The molecule has 6 heterocycles. The number of pyridine rings is 6. The topological polar surface area (TPSA) is 23.3 Å². The third-order valence-electron chi connectivity index (χ3n) is 27.4. The van der Waals surface area contributed by atoms with E-state index in [9.17, 15) is 26.3 Å². The highest BCUT2D eigenvalue weighted by molar-refractivity contribution is 6.00. The number of hydrogen-bond donors (Lipinski definition) is 0. The number of rotatable bonds is 7. The Hall–Kier alpha value is -13.3. The van der Waals surface area contributed by atoms with Gasteiger partial charge in [0.05, 0.1) is 65.7 Å². The highest BCUT2D eigenvalue weighted by atomic mass is 19.1. The predicted molar refractivity (Wildman–Crippen MR) is 541 cm³/mol. The Morgan fingerprint density at radius 3 is 0.962 bits per heavy atom. The number of hydrogen-bond acceptors (Lipinski definition) is 0. The van der Waals surface area contributed by atoms with Gasteiger partial charge < -0.3 is 0 Å². The van der Waals surface area contributed by atoms with Gasteiger partial charge in [0.15, 0.2) is 37.2 Å². The van der Waals surface area contributed by atoms with Gasteiger partial charge in [-0.15, -0.1) is 0 Å². The van der Waals surface area contributed by atoms with Crippen molar-refractivity contribution in [3.8, 4) is 67.5 Å². The molecule has 0 fully saturated rings. The van der Waals surface area contributed by atoms with Crippen molar-refractivity contribution >= 4 is 64.6 Å². The molecule has 0 saturated carbocycles. The van der Waals surface area contributed by atoms with Gasteiger partial charge in [-0.2, -0.15) is 0 Å². The van der Waals surface area contributed by atoms with Gasteiger partial charge in [-0.3, -0.25) is 0 Å². The van der Waals surface area contributed by atoms with Gasteiger partial charge >= 0.3 is 0 Å². The molecule has 133 heavy (non-hydrogen) atoms. The fraction of sp³-hybridized carbons (Fsp3) is 0.256. The third-order valence-corrected chi connectivity index (χ3v) is 27.4. The fourth-order valence-electron chi connectivity index (χ4n) is 19.3. The molecule has 18 rings (SSSR count). The second-order valence-electron chi connectivity index (χ2n) is 37.4. The second kappa shape index (κ2) is 39.6. The monoisotopic (exact) mass is 1780 g/mol. The Morgan fingerprint density at radius 1 is 0.203 bits per heavy atom. The zero-order valence-electron chi connectivity index (χ0n) is 83.4. The van der Waals surface area contributed by atoms with Crippen molar-refractivity contribution in [1.82, 2.24) is 0 Å². The molecule has 12 aromatic carbocycles. The van der Waals surface area contributed by atoms with Gasteiger partial charge in [-0.25, -0.2) is 53.7 Å². The van der Waals surface area contributed by atoms with Crippen LogP contribution >= 0.6 is 0 Å². The average Bonchev–Trinajstić information content (AvgIpc) is 0.814. The molecule has 18 aromatic rings. The van der Waals surface area contributed by atoms with Crippen LogP contribution in [-0.2, 0) is 42.3 Å². The molecule has 0 aliphatic heterocycles. The number of aromatic nitrogens is 6. The lowest BCUT2D eigenvalue weighted by Gasteiger charge is -2.15. The van der Waals surface area contributed by atoms with Crippen LogP contribution in [0.5, 0.6) is 0 Å². The van der Waals surface area contributed by atoms with E-state index < -0.39 is 0 Å². The van der Waals surface area contributed by atoms with Crippen molar-refractivity contribution in [3.63, 3.8) is 0 Å². The van der Waals surface area contributed by atoms with Crippen molar-refractivity contribution in [2.45, 2.75) is 172 Å². The molecule has 0 saturated heterocycles. The molecule has 6 aromatic heterocycles. The summed E-state index contributed by atoms with van der Waals surface area (Å²) in [5, 5.41) is 13.7. The van der Waals surface area contributed by atoms with Gasteiger partial charge in [-0.05, 0) is 339 Å².